The van der Waals surface area contributed by atoms with Crippen LogP contribution in [-0.4, -0.2) is 43.7 Å². The Morgan fingerprint density at radius 1 is 1.39 bits per heavy atom. The predicted molar refractivity (Wildman–Crippen MR) is 93.4 cm³/mol. The summed E-state index contributed by atoms with van der Waals surface area (Å²) in [4.78, 5) is 14.3. The molecule has 0 aromatic heterocycles. The van der Waals surface area contributed by atoms with E-state index in [1.807, 2.05) is 30.0 Å². The monoisotopic (exact) mass is 342 g/mol. The van der Waals surface area contributed by atoms with E-state index in [4.69, 9.17) is 15.2 Å². The normalized spacial score (nSPS) is 20.6. The standard InChI is InChI=1S/C17H26N2O3.ClH/c1-12-4-5-15(16(9-12)21-3)22-11-17(20)19-7-6-13(2)8-14(19)10-18;/h4-5,9,13-14H,6-8,10-11,18H2,1-3H3;1H. The number of nitrogens with two attached hydrogens (primary N) is 1. The molecule has 0 saturated carbocycles. The van der Waals surface area contributed by atoms with Crippen molar-refractivity contribution in [1.29, 1.82) is 0 Å². The van der Waals surface area contributed by atoms with Gasteiger partial charge in [0.15, 0.2) is 18.1 Å². The number of carbonyl (C=O) groups is 1. The SMILES string of the molecule is COc1cc(C)ccc1OCC(=O)N1CCC(C)CC1CN.Cl. The topological polar surface area (TPSA) is 64.8 Å². The Hall–Kier alpha value is -1.46. The Kier molecular flexibility index (Phi) is 7.65. The molecule has 2 unspecified atom stereocenters. The number of methoxy groups -OCH3 is 1. The molecule has 1 aromatic rings. The zero-order valence-electron chi connectivity index (χ0n) is 14.1. The van der Waals surface area contributed by atoms with Crippen molar-refractivity contribution in [1.82, 2.24) is 4.90 Å². The number of carbonyl (C=O) groups excluding carboxylic acids is 1. The first kappa shape index (κ1) is 19.6. The molecule has 0 radical (unpaired) electrons. The van der Waals surface area contributed by atoms with Gasteiger partial charge in [0.25, 0.3) is 5.91 Å². The first-order valence-corrected chi connectivity index (χ1v) is 7.82. The minimum atomic E-state index is -0.00928. The predicted octanol–water partition coefficient (Wildman–Crippen LogP) is 2.39. The van der Waals surface area contributed by atoms with Gasteiger partial charge < -0.3 is 20.1 Å². The van der Waals surface area contributed by atoms with Crippen LogP contribution in [-0.2, 0) is 4.79 Å². The quantitative estimate of drug-likeness (QED) is 0.892. The third-order valence-electron chi connectivity index (χ3n) is 4.24. The first-order valence-electron chi connectivity index (χ1n) is 7.82. The lowest BCUT2D eigenvalue weighted by Crippen LogP contribution is -2.50. The van der Waals surface area contributed by atoms with Crippen LogP contribution in [0, 0.1) is 12.8 Å². The number of piperidine rings is 1. The number of amides is 1. The third-order valence-corrected chi connectivity index (χ3v) is 4.24. The molecule has 1 fully saturated rings. The van der Waals surface area contributed by atoms with Gasteiger partial charge in [0.1, 0.15) is 0 Å². The highest BCUT2D eigenvalue weighted by Gasteiger charge is 2.29. The van der Waals surface area contributed by atoms with Crippen molar-refractivity contribution in [3.05, 3.63) is 23.8 Å². The van der Waals surface area contributed by atoms with Crippen molar-refractivity contribution in [2.24, 2.45) is 11.7 Å². The van der Waals surface area contributed by atoms with Crippen molar-refractivity contribution in [2.45, 2.75) is 32.7 Å². The lowest BCUT2D eigenvalue weighted by atomic mass is 9.92. The molecular weight excluding hydrogens is 316 g/mol. The van der Waals surface area contributed by atoms with Gasteiger partial charge in [-0.25, -0.2) is 0 Å². The van der Waals surface area contributed by atoms with E-state index in [-0.39, 0.29) is 31.0 Å². The fourth-order valence-corrected chi connectivity index (χ4v) is 2.92. The van der Waals surface area contributed by atoms with E-state index in [9.17, 15) is 4.79 Å². The van der Waals surface area contributed by atoms with Gasteiger partial charge in [-0.15, -0.1) is 12.4 Å². The van der Waals surface area contributed by atoms with Crippen molar-refractivity contribution in [3.8, 4) is 11.5 Å². The van der Waals surface area contributed by atoms with Crippen molar-refractivity contribution >= 4 is 18.3 Å². The number of rotatable bonds is 5. The summed E-state index contributed by atoms with van der Waals surface area (Å²) in [6, 6.07) is 5.79. The molecule has 5 nitrogen and oxygen atoms in total. The molecule has 130 valence electrons. The second kappa shape index (κ2) is 8.99. The smallest absolute Gasteiger partial charge is 0.260 e. The number of hydrogen-bond acceptors (Lipinski definition) is 4. The molecule has 0 spiro atoms. The van der Waals surface area contributed by atoms with E-state index in [0.29, 0.717) is 24.0 Å². The number of halogens is 1. The summed E-state index contributed by atoms with van der Waals surface area (Å²) in [6.07, 6.45) is 1.99. The maximum Gasteiger partial charge on any atom is 0.260 e. The van der Waals surface area contributed by atoms with Crippen molar-refractivity contribution in [3.63, 3.8) is 0 Å². The Balaban J connectivity index is 0.00000264. The third kappa shape index (κ3) is 5.01. The summed E-state index contributed by atoms with van der Waals surface area (Å²) < 4.78 is 11.0. The molecule has 1 saturated heterocycles. The van der Waals surface area contributed by atoms with Crippen molar-refractivity contribution < 1.29 is 14.3 Å². The second-order valence-corrected chi connectivity index (χ2v) is 6.05. The van der Waals surface area contributed by atoms with Gasteiger partial charge in [-0.05, 0) is 43.4 Å². The Labute approximate surface area is 144 Å². The van der Waals surface area contributed by atoms with E-state index >= 15 is 0 Å². The number of benzene rings is 1. The maximum atomic E-state index is 12.4. The molecule has 1 aliphatic rings. The highest BCUT2D eigenvalue weighted by molar-refractivity contribution is 5.85. The van der Waals surface area contributed by atoms with Crippen molar-refractivity contribution in [2.75, 3.05) is 26.8 Å². The molecule has 0 bridgehead atoms. The summed E-state index contributed by atoms with van der Waals surface area (Å²) in [5, 5.41) is 0. The molecule has 0 aliphatic carbocycles. The lowest BCUT2D eigenvalue weighted by molar-refractivity contribution is -0.137. The van der Waals surface area contributed by atoms with E-state index in [1.165, 1.54) is 0 Å². The van der Waals surface area contributed by atoms with Gasteiger partial charge in [0.2, 0.25) is 0 Å². The summed E-state index contributed by atoms with van der Waals surface area (Å²) in [5.41, 5.74) is 6.90. The number of likely N-dealkylation sites (tertiary alicyclic amines) is 1. The summed E-state index contributed by atoms with van der Waals surface area (Å²) >= 11 is 0. The van der Waals surface area contributed by atoms with Crippen LogP contribution in [0.15, 0.2) is 18.2 Å². The molecule has 2 N–H and O–H groups in total. The summed E-state index contributed by atoms with van der Waals surface area (Å²) in [7, 11) is 1.60. The Morgan fingerprint density at radius 2 is 2.13 bits per heavy atom. The van der Waals surface area contributed by atoms with E-state index in [1.54, 1.807) is 7.11 Å². The number of ether oxygens (including phenoxy) is 2. The number of aryl methyl sites for hydroxylation is 1. The average molecular weight is 343 g/mol. The minimum Gasteiger partial charge on any atom is -0.493 e. The molecule has 1 heterocycles. The van der Waals surface area contributed by atoms with Gasteiger partial charge in [-0.2, -0.15) is 0 Å². The zero-order chi connectivity index (χ0) is 16.1. The van der Waals surface area contributed by atoms with Crippen LogP contribution in [0.25, 0.3) is 0 Å². The van der Waals surface area contributed by atoms with Gasteiger partial charge in [-0.3, -0.25) is 4.79 Å². The second-order valence-electron chi connectivity index (χ2n) is 6.05. The summed E-state index contributed by atoms with van der Waals surface area (Å²) in [5.74, 6) is 1.85. The zero-order valence-corrected chi connectivity index (χ0v) is 14.9. The lowest BCUT2D eigenvalue weighted by Gasteiger charge is -2.37. The van der Waals surface area contributed by atoms with E-state index < -0.39 is 0 Å². The van der Waals surface area contributed by atoms with E-state index in [0.717, 1.165) is 24.9 Å². The van der Waals surface area contributed by atoms with Crippen LogP contribution in [0.1, 0.15) is 25.3 Å². The van der Waals surface area contributed by atoms with Crippen LogP contribution in [0.2, 0.25) is 0 Å². The van der Waals surface area contributed by atoms with Crippen LogP contribution >= 0.6 is 12.4 Å². The molecule has 2 atom stereocenters. The van der Waals surface area contributed by atoms with Crippen LogP contribution in [0.4, 0.5) is 0 Å². The first-order chi connectivity index (χ1) is 10.5. The average Bonchev–Trinajstić information content (AvgIpc) is 2.52. The molecule has 1 aromatic carbocycles. The van der Waals surface area contributed by atoms with Gasteiger partial charge in [0, 0.05) is 19.1 Å². The highest BCUT2D eigenvalue weighted by atomic mass is 35.5. The molecule has 6 heteroatoms. The van der Waals surface area contributed by atoms with Crippen LogP contribution < -0.4 is 15.2 Å². The Bertz CT molecular complexity index is 525. The number of nitrogens with zero attached hydrogens (tertiary/aromatic N) is 1. The molecule has 23 heavy (non-hydrogen) atoms. The minimum absolute atomic E-state index is 0. The van der Waals surface area contributed by atoms with E-state index in [2.05, 4.69) is 6.92 Å². The van der Waals surface area contributed by atoms with Crippen LogP contribution in [0.3, 0.4) is 0 Å². The fourth-order valence-electron chi connectivity index (χ4n) is 2.92. The molecule has 2 rings (SSSR count). The molecular formula is C17H27ClN2O3. The van der Waals surface area contributed by atoms with Gasteiger partial charge in [0.05, 0.1) is 7.11 Å². The maximum absolute atomic E-state index is 12.4. The summed E-state index contributed by atoms with van der Waals surface area (Å²) in [6.45, 7) is 5.47. The number of hydrogen-bond donors (Lipinski definition) is 1. The Morgan fingerprint density at radius 3 is 2.78 bits per heavy atom. The fraction of sp³-hybridized carbons (Fsp3) is 0.588. The largest absolute Gasteiger partial charge is 0.493 e. The van der Waals surface area contributed by atoms with Gasteiger partial charge in [-0.1, -0.05) is 13.0 Å². The molecule has 1 aliphatic heterocycles. The van der Waals surface area contributed by atoms with Crippen LogP contribution in [0.5, 0.6) is 11.5 Å². The van der Waals surface area contributed by atoms with Gasteiger partial charge >= 0.3 is 0 Å². The highest BCUT2D eigenvalue weighted by Crippen LogP contribution is 2.28. The molecule has 1 amide bonds.